The predicted molar refractivity (Wildman–Crippen MR) is 62.0 cm³/mol. The van der Waals surface area contributed by atoms with Crippen LogP contribution >= 0.6 is 24.8 Å². The number of halogens is 2. The van der Waals surface area contributed by atoms with E-state index < -0.39 is 0 Å². The molecule has 0 bridgehead atoms. The van der Waals surface area contributed by atoms with E-state index in [1.165, 1.54) is 19.3 Å². The quantitative estimate of drug-likeness (QED) is 0.875. The first-order chi connectivity index (χ1) is 5.88. The van der Waals surface area contributed by atoms with Crippen LogP contribution in [-0.2, 0) is 13.1 Å². The molecule has 0 saturated heterocycles. The second-order valence-corrected chi connectivity index (χ2v) is 3.57. The Kier molecular flexibility index (Phi) is 6.16. The van der Waals surface area contributed by atoms with Crippen LogP contribution in [0.4, 0.5) is 0 Å². The minimum absolute atomic E-state index is 0. The predicted octanol–water partition coefficient (Wildman–Crippen LogP) is 1.99. The fourth-order valence-electron chi connectivity index (χ4n) is 1.55. The molecule has 1 heterocycles. The molecule has 0 aliphatic heterocycles. The Labute approximate surface area is 96.9 Å². The van der Waals surface area contributed by atoms with Crippen LogP contribution in [0.2, 0.25) is 0 Å². The highest BCUT2D eigenvalue weighted by atomic mass is 35.5. The molecule has 1 saturated carbocycles. The van der Waals surface area contributed by atoms with Crippen LogP contribution < -0.4 is 5.73 Å². The van der Waals surface area contributed by atoms with Gasteiger partial charge >= 0.3 is 0 Å². The Hall–Kier alpha value is -0.250. The summed E-state index contributed by atoms with van der Waals surface area (Å²) in [4.78, 5) is 0. The number of nitrogens with zero attached hydrogens (tertiary/aromatic N) is 2. The molecule has 0 aromatic carbocycles. The number of nitrogens with two attached hydrogens (primary N) is 1. The van der Waals surface area contributed by atoms with Gasteiger partial charge in [0.25, 0.3) is 0 Å². The third kappa shape index (κ3) is 3.15. The van der Waals surface area contributed by atoms with Crippen molar-refractivity contribution in [1.82, 2.24) is 9.78 Å². The zero-order valence-electron chi connectivity index (χ0n) is 8.06. The molecule has 82 valence electrons. The number of aromatic nitrogens is 2. The summed E-state index contributed by atoms with van der Waals surface area (Å²) < 4.78 is 2.02. The number of hydrogen-bond donors (Lipinski definition) is 1. The molecule has 14 heavy (non-hydrogen) atoms. The van der Waals surface area contributed by atoms with E-state index in [0.29, 0.717) is 6.54 Å². The average molecular weight is 238 g/mol. The lowest BCUT2D eigenvalue weighted by molar-refractivity contribution is 0.266. The van der Waals surface area contributed by atoms with Crippen LogP contribution in [0.1, 0.15) is 24.8 Å². The van der Waals surface area contributed by atoms with Crippen LogP contribution in [0.5, 0.6) is 0 Å². The minimum Gasteiger partial charge on any atom is -0.326 e. The van der Waals surface area contributed by atoms with Gasteiger partial charge in [-0.3, -0.25) is 4.68 Å². The highest BCUT2D eigenvalue weighted by molar-refractivity contribution is 5.85. The van der Waals surface area contributed by atoms with Crippen LogP contribution in [0.25, 0.3) is 0 Å². The van der Waals surface area contributed by atoms with E-state index in [0.717, 1.165) is 18.0 Å². The monoisotopic (exact) mass is 237 g/mol. The Morgan fingerprint density at radius 3 is 2.57 bits per heavy atom. The van der Waals surface area contributed by atoms with Gasteiger partial charge in [0.2, 0.25) is 0 Å². The van der Waals surface area contributed by atoms with Crippen LogP contribution in [0, 0.1) is 5.92 Å². The Morgan fingerprint density at radius 1 is 1.43 bits per heavy atom. The normalized spacial score (nSPS) is 15.2. The first-order valence-corrected chi connectivity index (χ1v) is 4.60. The zero-order chi connectivity index (χ0) is 8.39. The lowest BCUT2D eigenvalue weighted by atomic mass is 9.85. The van der Waals surface area contributed by atoms with Crippen molar-refractivity contribution < 1.29 is 0 Å². The van der Waals surface area contributed by atoms with Crippen LogP contribution in [-0.4, -0.2) is 9.78 Å². The third-order valence-electron chi connectivity index (χ3n) is 2.59. The summed E-state index contributed by atoms with van der Waals surface area (Å²) in [5, 5.41) is 4.25. The highest BCUT2D eigenvalue weighted by Gasteiger charge is 2.17. The molecule has 0 radical (unpaired) electrons. The molecular weight excluding hydrogens is 221 g/mol. The molecule has 2 N–H and O–H groups in total. The third-order valence-corrected chi connectivity index (χ3v) is 2.59. The zero-order valence-corrected chi connectivity index (χ0v) is 9.69. The van der Waals surface area contributed by atoms with E-state index in [1.54, 1.807) is 0 Å². The maximum atomic E-state index is 5.49. The van der Waals surface area contributed by atoms with Gasteiger partial charge in [0.1, 0.15) is 0 Å². The Balaban J connectivity index is 0.000000845. The number of rotatable bonds is 3. The molecule has 1 aliphatic rings. The van der Waals surface area contributed by atoms with E-state index in [4.69, 9.17) is 5.73 Å². The molecule has 0 amide bonds. The first kappa shape index (κ1) is 13.8. The standard InChI is InChI=1S/C9H15N3.2ClH/c10-4-9-5-11-12(7-9)6-8-2-1-3-8;;/h5,7-8H,1-4,6,10H2;2*1H. The minimum atomic E-state index is 0. The van der Waals surface area contributed by atoms with Crippen molar-refractivity contribution in [2.45, 2.75) is 32.4 Å². The maximum Gasteiger partial charge on any atom is 0.0534 e. The molecule has 2 rings (SSSR count). The highest BCUT2D eigenvalue weighted by Crippen LogP contribution is 2.27. The average Bonchev–Trinajstić information content (AvgIpc) is 2.44. The smallest absolute Gasteiger partial charge is 0.0534 e. The van der Waals surface area contributed by atoms with Crippen molar-refractivity contribution in [2.75, 3.05) is 0 Å². The summed E-state index contributed by atoms with van der Waals surface area (Å²) in [6, 6.07) is 0. The van der Waals surface area contributed by atoms with E-state index in [9.17, 15) is 0 Å². The lowest BCUT2D eigenvalue weighted by Gasteiger charge is -2.24. The van der Waals surface area contributed by atoms with Gasteiger partial charge in [-0.05, 0) is 18.8 Å². The van der Waals surface area contributed by atoms with Crippen molar-refractivity contribution in [3.63, 3.8) is 0 Å². The summed E-state index contributed by atoms with van der Waals surface area (Å²) >= 11 is 0. The van der Waals surface area contributed by atoms with E-state index >= 15 is 0 Å². The van der Waals surface area contributed by atoms with Gasteiger partial charge in [-0.25, -0.2) is 0 Å². The topological polar surface area (TPSA) is 43.8 Å². The molecule has 1 aliphatic carbocycles. The second-order valence-electron chi connectivity index (χ2n) is 3.57. The molecular formula is C9H17Cl2N3. The van der Waals surface area contributed by atoms with Gasteiger partial charge in [-0.2, -0.15) is 5.10 Å². The summed E-state index contributed by atoms with van der Waals surface area (Å²) in [6.07, 6.45) is 8.06. The SMILES string of the molecule is Cl.Cl.NCc1cnn(CC2CCC2)c1. The van der Waals surface area contributed by atoms with Crippen molar-refractivity contribution in [2.24, 2.45) is 11.7 Å². The second kappa shape index (κ2) is 6.27. The molecule has 0 spiro atoms. The summed E-state index contributed by atoms with van der Waals surface area (Å²) in [6.45, 7) is 1.69. The molecule has 0 atom stereocenters. The van der Waals surface area contributed by atoms with E-state index in [2.05, 4.69) is 11.3 Å². The largest absolute Gasteiger partial charge is 0.326 e. The van der Waals surface area contributed by atoms with Crippen LogP contribution in [0.3, 0.4) is 0 Å². The van der Waals surface area contributed by atoms with Crippen LogP contribution in [0.15, 0.2) is 12.4 Å². The summed E-state index contributed by atoms with van der Waals surface area (Å²) in [7, 11) is 0. The Bertz CT molecular complexity index is 258. The van der Waals surface area contributed by atoms with Gasteiger partial charge in [0.15, 0.2) is 0 Å². The maximum absolute atomic E-state index is 5.49. The molecule has 3 nitrogen and oxygen atoms in total. The van der Waals surface area contributed by atoms with Crippen molar-refractivity contribution in [1.29, 1.82) is 0 Å². The van der Waals surface area contributed by atoms with Gasteiger partial charge in [-0.1, -0.05) is 6.42 Å². The van der Waals surface area contributed by atoms with E-state index in [-0.39, 0.29) is 24.8 Å². The number of hydrogen-bond acceptors (Lipinski definition) is 2. The van der Waals surface area contributed by atoms with Gasteiger partial charge in [-0.15, -0.1) is 24.8 Å². The molecule has 1 aromatic rings. The molecule has 1 fully saturated rings. The fraction of sp³-hybridized carbons (Fsp3) is 0.667. The van der Waals surface area contributed by atoms with Crippen molar-refractivity contribution >= 4 is 24.8 Å². The molecule has 1 aromatic heterocycles. The van der Waals surface area contributed by atoms with Gasteiger partial charge < -0.3 is 5.73 Å². The summed E-state index contributed by atoms with van der Waals surface area (Å²) in [5.41, 5.74) is 6.62. The van der Waals surface area contributed by atoms with Gasteiger partial charge in [0.05, 0.1) is 6.20 Å². The molecule has 0 unspecified atom stereocenters. The first-order valence-electron chi connectivity index (χ1n) is 4.60. The molecule has 5 heteroatoms. The van der Waals surface area contributed by atoms with Crippen molar-refractivity contribution in [3.05, 3.63) is 18.0 Å². The van der Waals surface area contributed by atoms with Gasteiger partial charge in [0, 0.05) is 24.8 Å². The Morgan fingerprint density at radius 2 is 2.14 bits per heavy atom. The fourth-order valence-corrected chi connectivity index (χ4v) is 1.55. The summed E-state index contributed by atoms with van der Waals surface area (Å²) in [5.74, 6) is 0.871. The van der Waals surface area contributed by atoms with E-state index in [1.807, 2.05) is 10.9 Å². The lowest BCUT2D eigenvalue weighted by Crippen LogP contribution is -2.18. The van der Waals surface area contributed by atoms with Crippen molar-refractivity contribution in [3.8, 4) is 0 Å².